The molecule has 1 saturated carbocycles. The molecule has 2 aromatic rings. The van der Waals surface area contributed by atoms with Gasteiger partial charge in [0.25, 0.3) is 0 Å². The molecule has 0 radical (unpaired) electrons. The van der Waals surface area contributed by atoms with E-state index >= 15 is 0 Å². The molecule has 5 rings (SSSR count). The first-order valence-electron chi connectivity index (χ1n) is 12.3. The van der Waals surface area contributed by atoms with Crippen LogP contribution >= 0.6 is 0 Å². The number of aliphatic hydroxyl groups is 1. The molecule has 196 valence electrons. The molecule has 11 heteroatoms. The first kappa shape index (κ1) is 25.3. The molecule has 36 heavy (non-hydrogen) atoms. The van der Waals surface area contributed by atoms with Crippen molar-refractivity contribution in [3.63, 3.8) is 0 Å². The molecule has 1 aromatic heterocycles. The summed E-state index contributed by atoms with van der Waals surface area (Å²) < 4.78 is 75.6. The molecule has 1 aliphatic carbocycles. The molecule has 2 saturated heterocycles. The molecule has 1 unspecified atom stereocenters. The molecular weight excluding hydrogens is 483 g/mol. The SMILES string of the molecule is OCc1ccc(-c2cc(C(F)(F)F)c(NC3C[C@@H]4CN(CC5CCOCC5)C[C@@H]4C3)nn2)c(F)c1F. The van der Waals surface area contributed by atoms with Crippen molar-refractivity contribution in [3.05, 3.63) is 41.0 Å². The summed E-state index contributed by atoms with van der Waals surface area (Å²) in [6.45, 7) is 3.85. The Morgan fingerprint density at radius 2 is 1.72 bits per heavy atom. The van der Waals surface area contributed by atoms with Crippen LogP contribution in [0.5, 0.6) is 0 Å². The number of nitrogens with zero attached hydrogens (tertiary/aromatic N) is 3. The summed E-state index contributed by atoms with van der Waals surface area (Å²) in [7, 11) is 0. The van der Waals surface area contributed by atoms with Gasteiger partial charge in [0, 0.05) is 50.0 Å². The number of halogens is 5. The van der Waals surface area contributed by atoms with Crippen LogP contribution in [-0.4, -0.2) is 59.1 Å². The molecule has 6 nitrogen and oxygen atoms in total. The van der Waals surface area contributed by atoms with Crippen LogP contribution in [0, 0.1) is 29.4 Å². The van der Waals surface area contributed by atoms with Gasteiger partial charge in [0.1, 0.15) is 5.56 Å². The smallest absolute Gasteiger partial charge is 0.392 e. The number of benzene rings is 1. The van der Waals surface area contributed by atoms with Crippen LogP contribution in [0.4, 0.5) is 27.8 Å². The molecule has 0 spiro atoms. The maximum atomic E-state index is 14.4. The van der Waals surface area contributed by atoms with E-state index in [-0.39, 0.29) is 11.6 Å². The van der Waals surface area contributed by atoms with Gasteiger partial charge in [-0.15, -0.1) is 10.2 Å². The zero-order valence-corrected chi connectivity index (χ0v) is 19.7. The van der Waals surface area contributed by atoms with E-state index in [9.17, 15) is 22.0 Å². The standard InChI is InChI=1S/C25H29F5N4O2/c26-22-15(13-35)1-2-19(23(22)27)21-9-20(25(28,29)30)24(33-32-21)31-18-7-16-11-34(12-17(16)8-18)10-14-3-5-36-6-4-14/h1-2,9,14,16-18,35H,3-8,10-13H2,(H,31,33)/t16-,17+,18?. The molecule has 2 N–H and O–H groups in total. The van der Waals surface area contributed by atoms with E-state index in [1.807, 2.05) is 0 Å². The number of hydrogen-bond donors (Lipinski definition) is 2. The van der Waals surface area contributed by atoms with E-state index < -0.39 is 47.1 Å². The molecule has 3 fully saturated rings. The minimum atomic E-state index is -4.76. The average Bonchev–Trinajstić information content (AvgIpc) is 3.39. The normalized spacial score (nSPS) is 25.3. The van der Waals surface area contributed by atoms with Gasteiger partial charge in [-0.3, -0.25) is 0 Å². The summed E-state index contributed by atoms with van der Waals surface area (Å²) in [6.07, 6.45) is -1.11. The van der Waals surface area contributed by atoms with E-state index in [1.165, 1.54) is 0 Å². The van der Waals surface area contributed by atoms with E-state index in [0.29, 0.717) is 23.8 Å². The van der Waals surface area contributed by atoms with Crippen molar-refractivity contribution < 1.29 is 31.8 Å². The highest BCUT2D eigenvalue weighted by atomic mass is 19.4. The molecule has 0 amide bonds. The Morgan fingerprint density at radius 1 is 1.03 bits per heavy atom. The van der Waals surface area contributed by atoms with Gasteiger partial charge >= 0.3 is 6.18 Å². The van der Waals surface area contributed by atoms with Gasteiger partial charge in [-0.25, -0.2) is 8.78 Å². The summed E-state index contributed by atoms with van der Waals surface area (Å²) in [5, 5.41) is 19.5. The summed E-state index contributed by atoms with van der Waals surface area (Å²) >= 11 is 0. The van der Waals surface area contributed by atoms with Gasteiger partial charge < -0.3 is 20.1 Å². The predicted molar refractivity (Wildman–Crippen MR) is 122 cm³/mol. The van der Waals surface area contributed by atoms with Crippen molar-refractivity contribution in [2.24, 2.45) is 17.8 Å². The van der Waals surface area contributed by atoms with E-state index in [2.05, 4.69) is 20.4 Å². The zero-order chi connectivity index (χ0) is 25.4. The molecule has 3 aliphatic rings. The van der Waals surface area contributed by atoms with Crippen LogP contribution in [0.1, 0.15) is 36.8 Å². The highest BCUT2D eigenvalue weighted by molar-refractivity contribution is 5.63. The molecule has 2 aliphatic heterocycles. The highest BCUT2D eigenvalue weighted by Gasteiger charge is 2.43. The predicted octanol–water partition coefficient (Wildman–Crippen LogP) is 4.48. The summed E-state index contributed by atoms with van der Waals surface area (Å²) in [5.74, 6) is -1.61. The molecule has 3 heterocycles. The number of aliphatic hydroxyl groups excluding tert-OH is 1. The fourth-order valence-electron chi connectivity index (χ4n) is 5.91. The lowest BCUT2D eigenvalue weighted by Gasteiger charge is -2.28. The van der Waals surface area contributed by atoms with Crippen molar-refractivity contribution in [1.82, 2.24) is 15.1 Å². The van der Waals surface area contributed by atoms with Crippen molar-refractivity contribution in [1.29, 1.82) is 0 Å². The number of fused-ring (bicyclic) bond motifs is 1. The lowest BCUT2D eigenvalue weighted by molar-refractivity contribution is -0.137. The van der Waals surface area contributed by atoms with Gasteiger partial charge in [0.15, 0.2) is 17.5 Å². The Morgan fingerprint density at radius 3 is 2.36 bits per heavy atom. The van der Waals surface area contributed by atoms with Gasteiger partial charge in [0.05, 0.1) is 12.3 Å². The number of hydrogen-bond acceptors (Lipinski definition) is 6. The van der Waals surface area contributed by atoms with Crippen LogP contribution in [0.15, 0.2) is 18.2 Å². The molecule has 3 atom stereocenters. The minimum Gasteiger partial charge on any atom is -0.392 e. The summed E-state index contributed by atoms with van der Waals surface area (Å²) in [6, 6.07) is 2.73. The number of aromatic nitrogens is 2. The summed E-state index contributed by atoms with van der Waals surface area (Å²) in [4.78, 5) is 2.48. The van der Waals surface area contributed by atoms with Crippen molar-refractivity contribution in [2.45, 2.75) is 44.5 Å². The number of nitrogens with one attached hydrogen (secondary N) is 1. The van der Waals surface area contributed by atoms with Crippen molar-refractivity contribution >= 4 is 5.82 Å². The highest BCUT2D eigenvalue weighted by Crippen LogP contribution is 2.42. The zero-order valence-electron chi connectivity index (χ0n) is 19.7. The van der Waals surface area contributed by atoms with Gasteiger partial charge in [0.2, 0.25) is 0 Å². The second-order valence-corrected chi connectivity index (χ2v) is 10.2. The maximum absolute atomic E-state index is 14.4. The second kappa shape index (κ2) is 10.2. The Balaban J connectivity index is 1.28. The first-order valence-corrected chi connectivity index (χ1v) is 12.3. The average molecular weight is 513 g/mol. The molecule has 0 bridgehead atoms. The Labute approximate surface area is 205 Å². The fourth-order valence-corrected chi connectivity index (χ4v) is 5.91. The Hall–Kier alpha value is -2.37. The number of likely N-dealkylation sites (tertiary alicyclic amines) is 1. The lowest BCUT2D eigenvalue weighted by atomic mass is 10.00. The van der Waals surface area contributed by atoms with E-state index in [0.717, 1.165) is 70.7 Å². The van der Waals surface area contributed by atoms with Crippen molar-refractivity contribution in [2.75, 3.05) is 38.2 Å². The number of anilines is 1. The summed E-state index contributed by atoms with van der Waals surface area (Å²) in [5.41, 5.74) is -2.25. The topological polar surface area (TPSA) is 70.5 Å². The Bertz CT molecular complexity index is 1080. The largest absolute Gasteiger partial charge is 0.420 e. The van der Waals surface area contributed by atoms with Crippen molar-refractivity contribution in [3.8, 4) is 11.3 Å². The Kier molecular flexibility index (Phi) is 7.15. The third kappa shape index (κ3) is 5.19. The van der Waals surface area contributed by atoms with E-state index in [1.54, 1.807) is 0 Å². The minimum absolute atomic E-state index is 0.163. The molecular formula is C25H29F5N4O2. The quantitative estimate of drug-likeness (QED) is 0.557. The maximum Gasteiger partial charge on any atom is 0.420 e. The monoisotopic (exact) mass is 512 g/mol. The lowest BCUT2D eigenvalue weighted by Crippen LogP contribution is -2.32. The number of ether oxygens (including phenoxy) is 1. The van der Waals surface area contributed by atoms with Crippen LogP contribution in [0.2, 0.25) is 0 Å². The van der Waals surface area contributed by atoms with E-state index in [4.69, 9.17) is 9.84 Å². The number of rotatable bonds is 6. The van der Waals surface area contributed by atoms with Crippen LogP contribution < -0.4 is 5.32 Å². The third-order valence-electron chi connectivity index (χ3n) is 7.73. The fraction of sp³-hybridized carbons (Fsp3) is 0.600. The molecule has 1 aromatic carbocycles. The third-order valence-corrected chi connectivity index (χ3v) is 7.73. The number of alkyl halides is 3. The van der Waals surface area contributed by atoms with Crippen LogP contribution in [-0.2, 0) is 17.5 Å². The van der Waals surface area contributed by atoms with Gasteiger partial charge in [-0.2, -0.15) is 13.2 Å². The van der Waals surface area contributed by atoms with Gasteiger partial charge in [-0.1, -0.05) is 6.07 Å². The van der Waals surface area contributed by atoms with Crippen LogP contribution in [0.3, 0.4) is 0 Å². The second-order valence-electron chi connectivity index (χ2n) is 10.2. The van der Waals surface area contributed by atoms with Crippen LogP contribution in [0.25, 0.3) is 11.3 Å². The first-order chi connectivity index (χ1) is 17.2. The van der Waals surface area contributed by atoms with Gasteiger partial charge in [-0.05, 0) is 55.6 Å².